The van der Waals surface area contributed by atoms with Crippen LogP contribution in [0.1, 0.15) is 18.4 Å². The zero-order valence-electron chi connectivity index (χ0n) is 14.8. The molecule has 2 aromatic rings. The number of ether oxygens (including phenoxy) is 1. The van der Waals surface area contributed by atoms with E-state index in [1.165, 1.54) is 10.5 Å². The predicted octanol–water partition coefficient (Wildman–Crippen LogP) is 5.21. The first-order chi connectivity index (χ1) is 12.9. The molecule has 1 saturated heterocycles. The van der Waals surface area contributed by atoms with Crippen LogP contribution in [0.15, 0.2) is 48.5 Å². The average Bonchev–Trinajstić information content (AvgIpc) is 2.89. The predicted molar refractivity (Wildman–Crippen MR) is 112 cm³/mol. The minimum Gasteiger partial charge on any atom is -0.457 e. The highest BCUT2D eigenvalue weighted by Gasteiger charge is 2.52. The van der Waals surface area contributed by atoms with Crippen LogP contribution in [0, 0.1) is 18.8 Å². The van der Waals surface area contributed by atoms with Gasteiger partial charge in [-0.2, -0.15) is 0 Å². The van der Waals surface area contributed by atoms with Gasteiger partial charge in [0.15, 0.2) is 0 Å². The molecule has 0 N–H and O–H groups in total. The van der Waals surface area contributed by atoms with Crippen molar-refractivity contribution in [2.75, 3.05) is 4.90 Å². The number of anilines is 1. The number of fused-ring (bicyclic) bond motifs is 1. The minimum absolute atomic E-state index is 0.0962. The van der Waals surface area contributed by atoms with Crippen molar-refractivity contribution in [2.45, 2.75) is 29.4 Å². The first kappa shape index (κ1) is 18.7. The summed E-state index contributed by atoms with van der Waals surface area (Å²) in [5.41, 5.74) is 1.77. The minimum atomic E-state index is -0.237. The quantitative estimate of drug-likeness (QED) is 0.436. The molecule has 0 unspecified atom stereocenters. The molecule has 140 valence electrons. The molecule has 2 amide bonds. The molecule has 1 aliphatic carbocycles. The van der Waals surface area contributed by atoms with Crippen molar-refractivity contribution >= 4 is 49.4 Å². The van der Waals surface area contributed by atoms with E-state index in [-0.39, 0.29) is 33.3 Å². The summed E-state index contributed by atoms with van der Waals surface area (Å²) in [6.45, 7) is 2.02. The highest BCUT2D eigenvalue weighted by molar-refractivity contribution is 9.12. The second-order valence-corrected chi connectivity index (χ2v) is 9.49. The molecule has 1 aliphatic heterocycles. The first-order valence-corrected chi connectivity index (χ1v) is 10.8. The Balaban J connectivity index is 1.52. The molecule has 0 radical (unpaired) electrons. The Morgan fingerprint density at radius 1 is 0.815 bits per heavy atom. The SMILES string of the molecule is Cc1ccc(Oc2ccc(N3C(=O)[C@H]4C[C@@H](Br)[C@@H](Br)C[C@@H]4C3=O)cc2)cc1. The summed E-state index contributed by atoms with van der Waals surface area (Å²) in [4.78, 5) is 27.5. The van der Waals surface area contributed by atoms with Crippen LogP contribution in [0.3, 0.4) is 0 Å². The zero-order chi connectivity index (χ0) is 19.1. The van der Waals surface area contributed by atoms with E-state index in [0.717, 1.165) is 5.75 Å². The molecule has 6 heteroatoms. The van der Waals surface area contributed by atoms with E-state index in [2.05, 4.69) is 31.9 Å². The van der Waals surface area contributed by atoms with Gasteiger partial charge in [0, 0.05) is 9.65 Å². The number of alkyl halides is 2. The van der Waals surface area contributed by atoms with Crippen LogP contribution >= 0.6 is 31.9 Å². The van der Waals surface area contributed by atoms with Crippen LogP contribution in [-0.2, 0) is 9.59 Å². The fourth-order valence-electron chi connectivity index (χ4n) is 3.76. The lowest BCUT2D eigenvalue weighted by molar-refractivity contribution is -0.122. The van der Waals surface area contributed by atoms with Gasteiger partial charge in [0.2, 0.25) is 11.8 Å². The molecule has 1 heterocycles. The summed E-state index contributed by atoms with van der Waals surface area (Å²) in [6.07, 6.45) is 1.35. The molecule has 27 heavy (non-hydrogen) atoms. The van der Waals surface area contributed by atoms with Gasteiger partial charge in [-0.15, -0.1) is 0 Å². The summed E-state index contributed by atoms with van der Waals surface area (Å²) in [6, 6.07) is 14.9. The fourth-order valence-corrected chi connectivity index (χ4v) is 4.99. The average molecular weight is 493 g/mol. The van der Waals surface area contributed by atoms with Crippen LogP contribution in [-0.4, -0.2) is 21.5 Å². The monoisotopic (exact) mass is 491 g/mol. The Labute approximate surface area is 175 Å². The topological polar surface area (TPSA) is 46.6 Å². The van der Waals surface area contributed by atoms with Gasteiger partial charge >= 0.3 is 0 Å². The smallest absolute Gasteiger partial charge is 0.237 e. The molecule has 0 bridgehead atoms. The number of hydrogen-bond donors (Lipinski definition) is 0. The van der Waals surface area contributed by atoms with E-state index in [1.54, 1.807) is 24.3 Å². The number of halogens is 2. The Morgan fingerprint density at radius 3 is 1.74 bits per heavy atom. The van der Waals surface area contributed by atoms with Crippen LogP contribution in [0.4, 0.5) is 5.69 Å². The lowest BCUT2D eigenvalue weighted by Gasteiger charge is -2.29. The van der Waals surface area contributed by atoms with Gasteiger partial charge in [-0.3, -0.25) is 14.5 Å². The maximum atomic E-state index is 12.8. The Kier molecular flexibility index (Phi) is 5.12. The second-order valence-electron chi connectivity index (χ2n) is 7.14. The number of rotatable bonds is 3. The van der Waals surface area contributed by atoms with Crippen molar-refractivity contribution in [3.05, 3.63) is 54.1 Å². The van der Waals surface area contributed by atoms with Crippen molar-refractivity contribution < 1.29 is 14.3 Å². The largest absolute Gasteiger partial charge is 0.457 e. The van der Waals surface area contributed by atoms with Gasteiger partial charge in [-0.25, -0.2) is 0 Å². The van der Waals surface area contributed by atoms with Gasteiger partial charge in [0.05, 0.1) is 17.5 Å². The summed E-state index contributed by atoms with van der Waals surface area (Å²) in [5, 5.41) is 0. The van der Waals surface area contributed by atoms with Crippen molar-refractivity contribution in [3.8, 4) is 11.5 Å². The molecule has 2 aromatic carbocycles. The highest BCUT2D eigenvalue weighted by Crippen LogP contribution is 2.44. The van der Waals surface area contributed by atoms with Crippen molar-refractivity contribution in [1.29, 1.82) is 0 Å². The first-order valence-electron chi connectivity index (χ1n) is 8.94. The van der Waals surface area contributed by atoms with E-state index >= 15 is 0 Å². The summed E-state index contributed by atoms with van der Waals surface area (Å²) in [5.74, 6) is 0.750. The summed E-state index contributed by atoms with van der Waals surface area (Å²) >= 11 is 7.23. The number of benzene rings is 2. The molecule has 1 saturated carbocycles. The summed E-state index contributed by atoms with van der Waals surface area (Å²) in [7, 11) is 0. The van der Waals surface area contributed by atoms with Gasteiger partial charge < -0.3 is 4.74 Å². The van der Waals surface area contributed by atoms with Crippen LogP contribution in [0.25, 0.3) is 0 Å². The Hall–Kier alpha value is -1.66. The number of aryl methyl sites for hydroxylation is 1. The number of imide groups is 1. The number of amides is 2. The van der Waals surface area contributed by atoms with Crippen molar-refractivity contribution in [3.63, 3.8) is 0 Å². The fraction of sp³-hybridized carbons (Fsp3) is 0.333. The van der Waals surface area contributed by atoms with Gasteiger partial charge in [0.25, 0.3) is 0 Å². The van der Waals surface area contributed by atoms with E-state index in [1.807, 2.05) is 31.2 Å². The highest BCUT2D eigenvalue weighted by atomic mass is 79.9. The van der Waals surface area contributed by atoms with Crippen molar-refractivity contribution in [1.82, 2.24) is 0 Å². The van der Waals surface area contributed by atoms with Gasteiger partial charge in [0.1, 0.15) is 11.5 Å². The zero-order valence-corrected chi connectivity index (χ0v) is 17.9. The number of carbonyl (C=O) groups is 2. The van der Waals surface area contributed by atoms with E-state index in [9.17, 15) is 9.59 Å². The third-order valence-corrected chi connectivity index (χ3v) is 8.00. The molecule has 0 spiro atoms. The normalized spacial score (nSPS) is 27.6. The molecule has 4 atom stereocenters. The molecule has 2 fully saturated rings. The van der Waals surface area contributed by atoms with Gasteiger partial charge in [-0.1, -0.05) is 49.6 Å². The maximum absolute atomic E-state index is 12.8. The maximum Gasteiger partial charge on any atom is 0.237 e. The summed E-state index contributed by atoms with van der Waals surface area (Å²) < 4.78 is 5.83. The van der Waals surface area contributed by atoms with Crippen LogP contribution < -0.4 is 9.64 Å². The molecular weight excluding hydrogens is 474 g/mol. The van der Waals surface area contributed by atoms with Gasteiger partial charge in [-0.05, 0) is 56.2 Å². The van der Waals surface area contributed by atoms with Crippen LogP contribution in [0.5, 0.6) is 11.5 Å². The standard InChI is InChI=1S/C21H19Br2NO3/c1-12-2-6-14(7-3-12)27-15-8-4-13(5-9-15)24-20(25)16-10-18(22)19(23)11-17(16)21(24)26/h2-9,16-19H,10-11H2,1H3/t16-,17-,18-,19+/m0/s1. The second kappa shape index (κ2) is 7.40. The molecule has 4 nitrogen and oxygen atoms in total. The van der Waals surface area contributed by atoms with Crippen molar-refractivity contribution in [2.24, 2.45) is 11.8 Å². The van der Waals surface area contributed by atoms with E-state index in [0.29, 0.717) is 24.3 Å². The Bertz CT molecular complexity index is 838. The van der Waals surface area contributed by atoms with Crippen LogP contribution in [0.2, 0.25) is 0 Å². The third kappa shape index (κ3) is 3.57. The Morgan fingerprint density at radius 2 is 1.26 bits per heavy atom. The lowest BCUT2D eigenvalue weighted by Crippen LogP contribution is -2.34. The number of hydrogen-bond acceptors (Lipinski definition) is 3. The molecular formula is C21H19Br2NO3. The van der Waals surface area contributed by atoms with E-state index < -0.39 is 0 Å². The lowest BCUT2D eigenvalue weighted by atomic mass is 9.81. The molecule has 0 aromatic heterocycles. The third-order valence-electron chi connectivity index (χ3n) is 5.26. The van der Waals surface area contributed by atoms with E-state index in [4.69, 9.17) is 4.74 Å². The number of carbonyl (C=O) groups excluding carboxylic acids is 2. The molecule has 4 rings (SSSR count). The number of nitrogens with zero attached hydrogens (tertiary/aromatic N) is 1. The molecule has 2 aliphatic rings.